The second-order valence-corrected chi connectivity index (χ2v) is 3.98. The van der Waals surface area contributed by atoms with Crippen LogP contribution < -0.4 is 5.32 Å². The van der Waals surface area contributed by atoms with Crippen molar-refractivity contribution in [3.8, 4) is 6.07 Å². The van der Waals surface area contributed by atoms with E-state index in [1.54, 1.807) is 6.07 Å². The maximum absolute atomic E-state index is 12.7. The Morgan fingerprint density at radius 2 is 1.95 bits per heavy atom. The largest absolute Gasteiger partial charge is 0.423 e. The van der Waals surface area contributed by atoms with Crippen molar-refractivity contribution in [3.05, 3.63) is 52.0 Å². The Labute approximate surface area is 121 Å². The maximum atomic E-state index is 12.7. The zero-order chi connectivity index (χ0) is 16.3. The van der Waals surface area contributed by atoms with Crippen molar-refractivity contribution < 1.29 is 18.1 Å². The molecule has 0 unspecified atom stereocenters. The molecular weight excluding hydrogens is 303 g/mol. The lowest BCUT2D eigenvalue weighted by Gasteiger charge is -2.10. The van der Waals surface area contributed by atoms with Gasteiger partial charge in [0.25, 0.3) is 5.69 Å². The molecule has 0 spiro atoms. The summed E-state index contributed by atoms with van der Waals surface area (Å²) >= 11 is 0. The van der Waals surface area contributed by atoms with Crippen LogP contribution in [0.3, 0.4) is 0 Å². The molecule has 1 aromatic carbocycles. The van der Waals surface area contributed by atoms with Crippen LogP contribution in [0.15, 0.2) is 30.6 Å². The third-order valence-corrected chi connectivity index (χ3v) is 2.57. The fourth-order valence-electron chi connectivity index (χ4n) is 1.65. The van der Waals surface area contributed by atoms with Crippen LogP contribution in [0.1, 0.15) is 11.3 Å². The first-order chi connectivity index (χ1) is 10.3. The number of nitro benzene ring substituents is 1. The molecule has 1 N–H and O–H groups in total. The molecule has 0 amide bonds. The van der Waals surface area contributed by atoms with E-state index in [1.807, 2.05) is 0 Å². The lowest BCUT2D eigenvalue weighted by atomic mass is 10.1. The van der Waals surface area contributed by atoms with Crippen LogP contribution in [0, 0.1) is 21.4 Å². The van der Waals surface area contributed by atoms with Crippen molar-refractivity contribution in [1.82, 2.24) is 9.97 Å². The van der Waals surface area contributed by atoms with E-state index in [9.17, 15) is 23.3 Å². The predicted octanol–water partition coefficient (Wildman–Crippen LogP) is 3.02. The van der Waals surface area contributed by atoms with Crippen LogP contribution >= 0.6 is 0 Å². The highest BCUT2D eigenvalue weighted by molar-refractivity contribution is 5.64. The van der Waals surface area contributed by atoms with Crippen molar-refractivity contribution in [1.29, 1.82) is 5.26 Å². The minimum Gasteiger partial charge on any atom is -0.338 e. The van der Waals surface area contributed by atoms with Crippen molar-refractivity contribution in [2.24, 2.45) is 0 Å². The summed E-state index contributed by atoms with van der Waals surface area (Å²) in [5, 5.41) is 22.2. The summed E-state index contributed by atoms with van der Waals surface area (Å²) < 4.78 is 38.1. The number of hydrogen-bond acceptors (Lipinski definition) is 6. The molecule has 7 nitrogen and oxygen atoms in total. The number of nitrogens with zero attached hydrogens (tertiary/aromatic N) is 4. The number of anilines is 2. The minimum atomic E-state index is -4.84. The quantitative estimate of drug-likeness (QED) is 0.690. The lowest BCUT2D eigenvalue weighted by molar-refractivity contribution is -0.388. The number of benzene rings is 1. The molecule has 0 fully saturated rings. The molecule has 0 atom stereocenters. The van der Waals surface area contributed by atoms with Gasteiger partial charge in [-0.3, -0.25) is 10.1 Å². The second kappa shape index (κ2) is 5.65. The molecule has 112 valence electrons. The average Bonchev–Trinajstić information content (AvgIpc) is 2.46. The van der Waals surface area contributed by atoms with Crippen LogP contribution in [0.4, 0.5) is 30.4 Å². The Bertz CT molecular complexity index is 770. The van der Waals surface area contributed by atoms with Gasteiger partial charge in [-0.15, -0.1) is 0 Å². The number of aromatic nitrogens is 2. The monoisotopic (exact) mass is 309 g/mol. The molecular formula is C12H6F3N5O2. The summed E-state index contributed by atoms with van der Waals surface area (Å²) in [6.45, 7) is 0. The zero-order valence-electron chi connectivity index (χ0n) is 10.6. The van der Waals surface area contributed by atoms with Crippen molar-refractivity contribution in [2.75, 3.05) is 5.32 Å². The van der Waals surface area contributed by atoms with Crippen molar-refractivity contribution in [2.45, 2.75) is 6.18 Å². The predicted molar refractivity (Wildman–Crippen MR) is 68.1 cm³/mol. The van der Waals surface area contributed by atoms with Gasteiger partial charge in [0.2, 0.25) is 0 Å². The molecule has 0 aliphatic carbocycles. The molecule has 0 bridgehead atoms. The van der Waals surface area contributed by atoms with Gasteiger partial charge in [-0.25, -0.2) is 9.97 Å². The highest BCUT2D eigenvalue weighted by atomic mass is 19.4. The Morgan fingerprint density at radius 3 is 2.55 bits per heavy atom. The summed E-state index contributed by atoms with van der Waals surface area (Å²) in [5.41, 5.74) is -2.57. The molecule has 1 aromatic heterocycles. The fourth-order valence-corrected chi connectivity index (χ4v) is 1.65. The SMILES string of the molecule is N#Cc1nccnc1Nc1ccc(C(F)(F)F)c([N+](=O)[O-])c1. The Hall–Kier alpha value is -3.22. The van der Waals surface area contributed by atoms with Gasteiger partial charge < -0.3 is 5.32 Å². The first kappa shape index (κ1) is 15.2. The summed E-state index contributed by atoms with van der Waals surface area (Å²) in [5.74, 6) is -0.0148. The van der Waals surface area contributed by atoms with Crippen molar-refractivity contribution >= 4 is 17.2 Å². The van der Waals surface area contributed by atoms with Crippen LogP contribution in [-0.2, 0) is 6.18 Å². The summed E-state index contributed by atoms with van der Waals surface area (Å²) in [6, 6.07) is 4.05. The van der Waals surface area contributed by atoms with E-state index in [-0.39, 0.29) is 17.2 Å². The van der Waals surface area contributed by atoms with E-state index < -0.39 is 22.4 Å². The van der Waals surface area contributed by atoms with Gasteiger partial charge in [0, 0.05) is 24.1 Å². The third-order valence-electron chi connectivity index (χ3n) is 2.57. The van der Waals surface area contributed by atoms with Gasteiger partial charge in [0.05, 0.1) is 4.92 Å². The first-order valence-electron chi connectivity index (χ1n) is 5.66. The fraction of sp³-hybridized carbons (Fsp3) is 0.0833. The molecule has 0 radical (unpaired) electrons. The Morgan fingerprint density at radius 1 is 1.27 bits per heavy atom. The van der Waals surface area contributed by atoms with Crippen LogP contribution in [0.25, 0.3) is 0 Å². The Balaban J connectivity index is 2.44. The Kier molecular flexibility index (Phi) is 3.89. The summed E-state index contributed by atoms with van der Waals surface area (Å²) in [7, 11) is 0. The molecule has 22 heavy (non-hydrogen) atoms. The highest BCUT2D eigenvalue weighted by Crippen LogP contribution is 2.37. The zero-order valence-corrected chi connectivity index (χ0v) is 10.6. The number of nitro groups is 1. The van der Waals surface area contributed by atoms with Gasteiger partial charge >= 0.3 is 6.18 Å². The number of alkyl halides is 3. The van der Waals surface area contributed by atoms with Crippen LogP contribution in [0.5, 0.6) is 0 Å². The van der Waals surface area contributed by atoms with E-state index in [0.29, 0.717) is 6.07 Å². The minimum absolute atomic E-state index is 0.0148. The number of nitriles is 1. The van der Waals surface area contributed by atoms with Gasteiger partial charge in [-0.1, -0.05) is 0 Å². The second-order valence-electron chi connectivity index (χ2n) is 3.98. The van der Waals surface area contributed by atoms with Gasteiger partial charge in [0.1, 0.15) is 11.6 Å². The molecule has 1 heterocycles. The highest BCUT2D eigenvalue weighted by Gasteiger charge is 2.38. The summed E-state index contributed by atoms with van der Waals surface area (Å²) in [6.07, 6.45) is -2.31. The molecule has 2 rings (SSSR count). The third kappa shape index (κ3) is 3.09. The normalized spacial score (nSPS) is 10.8. The van der Waals surface area contributed by atoms with Crippen LogP contribution in [0.2, 0.25) is 0 Å². The van der Waals surface area contributed by atoms with Crippen LogP contribution in [-0.4, -0.2) is 14.9 Å². The first-order valence-corrected chi connectivity index (χ1v) is 5.66. The van der Waals surface area contributed by atoms with E-state index in [0.717, 1.165) is 12.1 Å². The number of halogens is 3. The standard InChI is InChI=1S/C12H6F3N5O2/c13-12(14,15)8-2-1-7(5-10(8)20(21)22)19-11-9(6-16)17-3-4-18-11/h1-5H,(H,18,19). The van der Waals surface area contributed by atoms with E-state index >= 15 is 0 Å². The average molecular weight is 309 g/mol. The number of rotatable bonds is 3. The number of hydrogen-bond donors (Lipinski definition) is 1. The van der Waals surface area contributed by atoms with Gasteiger partial charge in [-0.2, -0.15) is 18.4 Å². The van der Waals surface area contributed by atoms with E-state index in [1.165, 1.54) is 12.4 Å². The molecule has 0 aliphatic rings. The van der Waals surface area contributed by atoms with Gasteiger partial charge in [0.15, 0.2) is 11.5 Å². The smallest absolute Gasteiger partial charge is 0.338 e. The van der Waals surface area contributed by atoms with E-state index in [4.69, 9.17) is 5.26 Å². The topological polar surface area (TPSA) is 105 Å². The molecule has 0 aliphatic heterocycles. The number of nitrogens with one attached hydrogen (secondary N) is 1. The molecule has 0 saturated carbocycles. The van der Waals surface area contributed by atoms with Gasteiger partial charge in [-0.05, 0) is 12.1 Å². The lowest BCUT2D eigenvalue weighted by Crippen LogP contribution is -2.09. The maximum Gasteiger partial charge on any atom is 0.423 e. The summed E-state index contributed by atoms with van der Waals surface area (Å²) in [4.78, 5) is 17.2. The molecule has 2 aromatic rings. The van der Waals surface area contributed by atoms with Crippen molar-refractivity contribution in [3.63, 3.8) is 0 Å². The molecule has 10 heteroatoms. The van der Waals surface area contributed by atoms with E-state index in [2.05, 4.69) is 15.3 Å². The molecule has 0 saturated heterocycles.